The Balaban J connectivity index is 1.68. The summed E-state index contributed by atoms with van der Waals surface area (Å²) in [5, 5.41) is 0. The smallest absolute Gasteiger partial charge is 0.305 e. The van der Waals surface area contributed by atoms with Gasteiger partial charge < -0.3 is 9.47 Å². The van der Waals surface area contributed by atoms with Gasteiger partial charge in [0.25, 0.3) is 0 Å². The predicted octanol–water partition coefficient (Wildman–Crippen LogP) is 6.57. The summed E-state index contributed by atoms with van der Waals surface area (Å²) in [5.41, 5.74) is 3.80. The summed E-state index contributed by atoms with van der Waals surface area (Å²) in [6.07, 6.45) is 6.67. The number of aryl methyl sites for hydroxylation is 2. The molecule has 1 aliphatic rings. The lowest BCUT2D eigenvalue weighted by molar-refractivity contribution is -0.143. The van der Waals surface area contributed by atoms with Crippen LogP contribution in [0.2, 0.25) is 0 Å². The molecule has 1 aromatic heterocycles. The van der Waals surface area contributed by atoms with Gasteiger partial charge in [-0.05, 0) is 82.2 Å². The highest BCUT2D eigenvalue weighted by Gasteiger charge is 2.35. The van der Waals surface area contributed by atoms with E-state index in [2.05, 4.69) is 56.9 Å². The van der Waals surface area contributed by atoms with Crippen molar-refractivity contribution in [3.8, 4) is 17.6 Å². The van der Waals surface area contributed by atoms with Gasteiger partial charge in [-0.2, -0.15) is 0 Å². The SMILES string of the molecule is CCOC(=O)CCCCc1ccc(C#Cc2cc3c(cc2C)OCCC3(CC)CC)s1. The van der Waals surface area contributed by atoms with Crippen molar-refractivity contribution in [1.82, 2.24) is 0 Å². The largest absolute Gasteiger partial charge is 0.493 e. The summed E-state index contributed by atoms with van der Waals surface area (Å²) >= 11 is 1.75. The van der Waals surface area contributed by atoms with Crippen molar-refractivity contribution in [2.24, 2.45) is 0 Å². The highest BCUT2D eigenvalue weighted by molar-refractivity contribution is 7.12. The Hall–Kier alpha value is -2.25. The minimum atomic E-state index is -0.0961. The van der Waals surface area contributed by atoms with Gasteiger partial charge in [-0.1, -0.05) is 25.7 Å². The molecule has 0 bridgehead atoms. The number of carbonyl (C=O) groups is 1. The fraction of sp³-hybridized carbons (Fsp3) is 0.519. The Kier molecular flexibility index (Phi) is 8.21. The molecule has 1 aromatic carbocycles. The molecule has 31 heavy (non-hydrogen) atoms. The highest BCUT2D eigenvalue weighted by Crippen LogP contribution is 2.44. The van der Waals surface area contributed by atoms with E-state index >= 15 is 0 Å². The molecule has 3 nitrogen and oxygen atoms in total. The molecular weight excluding hydrogens is 404 g/mol. The van der Waals surface area contributed by atoms with Crippen molar-refractivity contribution in [3.05, 3.63) is 50.7 Å². The lowest BCUT2D eigenvalue weighted by Crippen LogP contribution is -2.32. The molecular formula is C27H34O3S. The van der Waals surface area contributed by atoms with Crippen LogP contribution in [0, 0.1) is 18.8 Å². The molecule has 4 heteroatoms. The third kappa shape index (κ3) is 5.71. The van der Waals surface area contributed by atoms with Crippen molar-refractivity contribution < 1.29 is 14.3 Å². The molecule has 0 saturated carbocycles. The standard InChI is InChI=1S/C27H34O3S/c1-5-27(6-2)16-17-30-25-18-20(4)21(19-24(25)27)12-13-23-15-14-22(31-23)10-8-9-11-26(28)29-7-3/h14-15,18-19H,5-11,16-17H2,1-4H3. The third-order valence-electron chi connectivity index (χ3n) is 6.43. The lowest BCUT2D eigenvalue weighted by Gasteiger charge is -2.38. The van der Waals surface area contributed by atoms with Gasteiger partial charge in [0.2, 0.25) is 0 Å². The van der Waals surface area contributed by atoms with Crippen LogP contribution < -0.4 is 4.74 Å². The number of carbonyl (C=O) groups excluding carboxylic acids is 1. The first-order chi connectivity index (χ1) is 15.0. The van der Waals surface area contributed by atoms with Gasteiger partial charge in [-0.15, -0.1) is 11.3 Å². The Labute approximate surface area is 191 Å². The zero-order valence-electron chi connectivity index (χ0n) is 19.3. The fourth-order valence-corrected chi connectivity index (χ4v) is 5.24. The first-order valence-corrected chi connectivity index (χ1v) is 12.4. The molecule has 3 rings (SSSR count). The molecule has 0 saturated heterocycles. The van der Waals surface area contributed by atoms with E-state index in [0.29, 0.717) is 13.0 Å². The second-order valence-electron chi connectivity index (χ2n) is 8.28. The number of hydrogen-bond donors (Lipinski definition) is 0. The topological polar surface area (TPSA) is 35.5 Å². The van der Waals surface area contributed by atoms with E-state index in [0.717, 1.165) is 61.3 Å². The van der Waals surface area contributed by atoms with Crippen LogP contribution in [0.25, 0.3) is 0 Å². The van der Waals surface area contributed by atoms with Crippen molar-refractivity contribution in [3.63, 3.8) is 0 Å². The van der Waals surface area contributed by atoms with E-state index in [4.69, 9.17) is 9.47 Å². The minimum absolute atomic E-state index is 0.0961. The van der Waals surface area contributed by atoms with Gasteiger partial charge in [0.05, 0.1) is 18.1 Å². The van der Waals surface area contributed by atoms with Gasteiger partial charge >= 0.3 is 5.97 Å². The van der Waals surface area contributed by atoms with Crippen molar-refractivity contribution >= 4 is 17.3 Å². The summed E-state index contributed by atoms with van der Waals surface area (Å²) in [5.74, 6) is 7.73. The average molecular weight is 439 g/mol. The van der Waals surface area contributed by atoms with Crippen LogP contribution >= 0.6 is 11.3 Å². The molecule has 0 radical (unpaired) electrons. The fourth-order valence-electron chi connectivity index (χ4n) is 4.34. The number of ether oxygens (including phenoxy) is 2. The van der Waals surface area contributed by atoms with E-state index in [9.17, 15) is 4.79 Å². The van der Waals surface area contributed by atoms with Gasteiger partial charge in [0.1, 0.15) is 5.75 Å². The van der Waals surface area contributed by atoms with Crippen LogP contribution in [0.3, 0.4) is 0 Å². The molecule has 1 aliphatic heterocycles. The molecule has 0 amide bonds. The van der Waals surface area contributed by atoms with Crippen molar-refractivity contribution in [2.45, 2.75) is 78.1 Å². The maximum absolute atomic E-state index is 11.4. The van der Waals surface area contributed by atoms with Crippen LogP contribution in [0.5, 0.6) is 5.75 Å². The molecule has 0 unspecified atom stereocenters. The van der Waals surface area contributed by atoms with E-state index in [-0.39, 0.29) is 11.4 Å². The molecule has 2 heterocycles. The molecule has 166 valence electrons. The summed E-state index contributed by atoms with van der Waals surface area (Å²) < 4.78 is 11.0. The van der Waals surface area contributed by atoms with Crippen LogP contribution in [-0.2, 0) is 21.4 Å². The van der Waals surface area contributed by atoms with Crippen LogP contribution in [0.4, 0.5) is 0 Å². The first-order valence-electron chi connectivity index (χ1n) is 11.6. The van der Waals surface area contributed by atoms with Gasteiger partial charge in [-0.3, -0.25) is 4.79 Å². The molecule has 0 fully saturated rings. The number of esters is 1. The molecule has 0 atom stereocenters. The maximum Gasteiger partial charge on any atom is 0.305 e. The Morgan fingerprint density at radius 2 is 1.97 bits per heavy atom. The quantitative estimate of drug-likeness (QED) is 0.265. The average Bonchev–Trinajstić information content (AvgIpc) is 3.22. The molecule has 0 spiro atoms. The number of rotatable bonds is 8. The molecule has 2 aromatic rings. The first kappa shape index (κ1) is 23.4. The zero-order chi connectivity index (χ0) is 22.3. The maximum atomic E-state index is 11.4. The molecule has 0 N–H and O–H groups in total. The minimum Gasteiger partial charge on any atom is -0.493 e. The zero-order valence-corrected chi connectivity index (χ0v) is 20.1. The van der Waals surface area contributed by atoms with Gasteiger partial charge in [0.15, 0.2) is 0 Å². The number of thiophene rings is 1. The van der Waals surface area contributed by atoms with E-state index < -0.39 is 0 Å². The summed E-state index contributed by atoms with van der Waals surface area (Å²) in [7, 11) is 0. The summed E-state index contributed by atoms with van der Waals surface area (Å²) in [4.78, 5) is 13.8. The van der Waals surface area contributed by atoms with Crippen molar-refractivity contribution in [1.29, 1.82) is 0 Å². The lowest BCUT2D eigenvalue weighted by atomic mass is 9.71. The second kappa shape index (κ2) is 10.9. The van der Waals surface area contributed by atoms with E-state index in [1.165, 1.54) is 16.0 Å². The summed E-state index contributed by atoms with van der Waals surface area (Å²) in [6, 6.07) is 8.71. The predicted molar refractivity (Wildman–Crippen MR) is 128 cm³/mol. The highest BCUT2D eigenvalue weighted by atomic mass is 32.1. The Morgan fingerprint density at radius 1 is 1.16 bits per heavy atom. The normalized spacial score (nSPS) is 14.2. The number of unbranched alkanes of at least 4 members (excludes halogenated alkanes) is 1. The number of fused-ring (bicyclic) bond motifs is 1. The van der Waals surface area contributed by atoms with Crippen LogP contribution in [0.15, 0.2) is 24.3 Å². The van der Waals surface area contributed by atoms with E-state index in [1.54, 1.807) is 11.3 Å². The monoisotopic (exact) mass is 438 g/mol. The van der Waals surface area contributed by atoms with Gasteiger partial charge in [0, 0.05) is 27.8 Å². The molecule has 0 aliphatic carbocycles. The number of hydrogen-bond acceptors (Lipinski definition) is 4. The Morgan fingerprint density at radius 3 is 2.71 bits per heavy atom. The third-order valence-corrected chi connectivity index (χ3v) is 7.49. The van der Waals surface area contributed by atoms with Crippen LogP contribution in [0.1, 0.15) is 85.7 Å². The second-order valence-corrected chi connectivity index (χ2v) is 9.45. The van der Waals surface area contributed by atoms with Gasteiger partial charge in [-0.25, -0.2) is 0 Å². The number of benzene rings is 1. The van der Waals surface area contributed by atoms with Crippen LogP contribution in [-0.4, -0.2) is 19.2 Å². The van der Waals surface area contributed by atoms with Crippen molar-refractivity contribution in [2.75, 3.05) is 13.2 Å². The van der Waals surface area contributed by atoms with E-state index in [1.807, 2.05) is 6.92 Å². The summed E-state index contributed by atoms with van der Waals surface area (Å²) in [6.45, 7) is 9.78. The Bertz CT molecular complexity index is 957.